The Kier molecular flexibility index (Phi) is 5.64. The zero-order valence-corrected chi connectivity index (χ0v) is 13.6. The summed E-state index contributed by atoms with van der Waals surface area (Å²) in [5, 5.41) is 20.9. The van der Waals surface area contributed by atoms with Crippen LogP contribution in [0.3, 0.4) is 0 Å². The lowest BCUT2D eigenvalue weighted by atomic mass is 9.83. The van der Waals surface area contributed by atoms with E-state index in [1.165, 1.54) is 5.57 Å². The molecule has 3 heteroatoms. The maximum Gasteiger partial charge on any atom is 0.154 e. The van der Waals surface area contributed by atoms with Crippen LogP contribution in [0, 0.1) is 0 Å². The van der Waals surface area contributed by atoms with Gasteiger partial charge in [-0.15, -0.1) is 0 Å². The molecule has 1 atom stereocenters. The lowest BCUT2D eigenvalue weighted by molar-refractivity contribution is 0.112. The Morgan fingerprint density at radius 1 is 1.32 bits per heavy atom. The number of carbonyl (C=O) groups excluding carboxylic acids is 1. The Hall–Kier alpha value is -1.77. The largest absolute Gasteiger partial charge is 0.507 e. The summed E-state index contributed by atoms with van der Waals surface area (Å²) in [5.74, 6) is 0.0835. The van der Waals surface area contributed by atoms with E-state index in [9.17, 15) is 15.0 Å². The van der Waals surface area contributed by atoms with E-state index < -0.39 is 0 Å². The first-order chi connectivity index (χ1) is 10.6. The first-order valence-corrected chi connectivity index (χ1v) is 8.28. The lowest BCUT2D eigenvalue weighted by Gasteiger charge is -2.23. The number of benzene rings is 1. The average molecular weight is 302 g/mol. The molecule has 2 rings (SSSR count). The van der Waals surface area contributed by atoms with E-state index in [-0.39, 0.29) is 17.4 Å². The number of aromatic hydroxyl groups is 2. The minimum atomic E-state index is -0.0301. The van der Waals surface area contributed by atoms with E-state index in [1.54, 1.807) is 6.07 Å². The standard InChI is InChI=1S/C19H26O3/c1-3-4-5-8-14-11-17(21)18(19(22)16(14)12-20)15-9-6-7-13(2)10-15/h10-12,15,21-22H,3-9H2,1-2H3. The van der Waals surface area contributed by atoms with Gasteiger partial charge in [0, 0.05) is 11.5 Å². The van der Waals surface area contributed by atoms with Gasteiger partial charge in [-0.05, 0) is 50.7 Å². The van der Waals surface area contributed by atoms with Gasteiger partial charge in [0.2, 0.25) is 0 Å². The van der Waals surface area contributed by atoms with Gasteiger partial charge in [-0.25, -0.2) is 0 Å². The highest BCUT2D eigenvalue weighted by atomic mass is 16.3. The minimum Gasteiger partial charge on any atom is -0.507 e. The molecule has 3 nitrogen and oxygen atoms in total. The van der Waals surface area contributed by atoms with Gasteiger partial charge in [-0.1, -0.05) is 31.4 Å². The number of aryl methyl sites for hydroxylation is 1. The molecule has 0 aromatic heterocycles. The van der Waals surface area contributed by atoms with E-state index in [0.717, 1.165) is 50.4 Å². The van der Waals surface area contributed by atoms with Crippen LogP contribution in [-0.4, -0.2) is 16.5 Å². The fourth-order valence-electron chi connectivity index (χ4n) is 3.35. The maximum absolute atomic E-state index is 11.4. The fraction of sp³-hybridized carbons (Fsp3) is 0.526. The smallest absolute Gasteiger partial charge is 0.154 e. The molecule has 0 heterocycles. The van der Waals surface area contributed by atoms with Gasteiger partial charge < -0.3 is 10.2 Å². The summed E-state index contributed by atoms with van der Waals surface area (Å²) in [6, 6.07) is 1.67. The third-order valence-electron chi connectivity index (χ3n) is 4.55. The van der Waals surface area contributed by atoms with Crippen molar-refractivity contribution in [2.75, 3.05) is 0 Å². The summed E-state index contributed by atoms with van der Waals surface area (Å²) in [7, 11) is 0. The zero-order chi connectivity index (χ0) is 16.1. The molecule has 0 saturated heterocycles. The van der Waals surface area contributed by atoms with Gasteiger partial charge in [0.25, 0.3) is 0 Å². The molecular formula is C19H26O3. The Labute approximate surface area is 132 Å². The van der Waals surface area contributed by atoms with Crippen molar-refractivity contribution in [3.8, 4) is 11.5 Å². The van der Waals surface area contributed by atoms with Crippen LogP contribution in [0.25, 0.3) is 0 Å². The van der Waals surface area contributed by atoms with Crippen LogP contribution < -0.4 is 0 Å². The average Bonchev–Trinajstić information content (AvgIpc) is 2.47. The normalized spacial score (nSPS) is 18.1. The van der Waals surface area contributed by atoms with Gasteiger partial charge in [0.05, 0.1) is 5.56 Å². The van der Waals surface area contributed by atoms with E-state index in [0.29, 0.717) is 17.5 Å². The number of carbonyl (C=O) groups is 1. The Morgan fingerprint density at radius 3 is 2.73 bits per heavy atom. The molecule has 120 valence electrons. The first-order valence-electron chi connectivity index (χ1n) is 8.28. The third-order valence-corrected chi connectivity index (χ3v) is 4.55. The lowest BCUT2D eigenvalue weighted by Crippen LogP contribution is -2.06. The number of allylic oxidation sites excluding steroid dienone is 2. The van der Waals surface area contributed by atoms with Crippen molar-refractivity contribution in [2.45, 2.75) is 64.7 Å². The van der Waals surface area contributed by atoms with E-state index in [4.69, 9.17) is 0 Å². The highest BCUT2D eigenvalue weighted by molar-refractivity contribution is 5.84. The van der Waals surface area contributed by atoms with Crippen LogP contribution in [0.4, 0.5) is 0 Å². The van der Waals surface area contributed by atoms with Gasteiger partial charge in [-0.2, -0.15) is 0 Å². The monoisotopic (exact) mass is 302 g/mol. The van der Waals surface area contributed by atoms with E-state index >= 15 is 0 Å². The predicted molar refractivity (Wildman–Crippen MR) is 88.7 cm³/mol. The highest BCUT2D eigenvalue weighted by Gasteiger charge is 2.24. The zero-order valence-electron chi connectivity index (χ0n) is 13.6. The second-order valence-electron chi connectivity index (χ2n) is 6.32. The molecule has 1 aliphatic carbocycles. The number of hydrogen-bond acceptors (Lipinski definition) is 3. The van der Waals surface area contributed by atoms with Crippen LogP contribution in [-0.2, 0) is 6.42 Å². The number of hydrogen-bond donors (Lipinski definition) is 2. The molecule has 0 amide bonds. The van der Waals surface area contributed by atoms with Crippen molar-refractivity contribution in [3.05, 3.63) is 34.4 Å². The fourth-order valence-corrected chi connectivity index (χ4v) is 3.35. The molecule has 2 N–H and O–H groups in total. The summed E-state index contributed by atoms with van der Waals surface area (Å²) in [6.07, 6.45) is 9.66. The van der Waals surface area contributed by atoms with Crippen LogP contribution in [0.15, 0.2) is 17.7 Å². The number of phenolic OH excluding ortho intramolecular Hbond substituents is 2. The molecule has 1 aromatic rings. The molecule has 1 aliphatic rings. The van der Waals surface area contributed by atoms with Crippen LogP contribution in [0.1, 0.15) is 79.8 Å². The SMILES string of the molecule is CCCCCc1cc(O)c(C2C=C(C)CCC2)c(O)c1C=O. The molecule has 0 spiro atoms. The summed E-state index contributed by atoms with van der Waals surface area (Å²) in [4.78, 5) is 11.4. The molecule has 0 radical (unpaired) electrons. The molecule has 22 heavy (non-hydrogen) atoms. The first kappa shape index (κ1) is 16.6. The molecule has 1 aromatic carbocycles. The van der Waals surface area contributed by atoms with Gasteiger partial charge >= 0.3 is 0 Å². The van der Waals surface area contributed by atoms with Gasteiger partial charge in [-0.3, -0.25) is 4.79 Å². The van der Waals surface area contributed by atoms with Crippen molar-refractivity contribution in [2.24, 2.45) is 0 Å². The van der Waals surface area contributed by atoms with E-state index in [2.05, 4.69) is 19.9 Å². The van der Waals surface area contributed by atoms with Gasteiger partial charge in [0.15, 0.2) is 6.29 Å². The Balaban J connectivity index is 2.40. The molecule has 0 fully saturated rings. The topological polar surface area (TPSA) is 57.5 Å². The van der Waals surface area contributed by atoms with Crippen LogP contribution in [0.2, 0.25) is 0 Å². The molecule has 0 bridgehead atoms. The van der Waals surface area contributed by atoms with Crippen molar-refractivity contribution < 1.29 is 15.0 Å². The number of phenols is 2. The second kappa shape index (κ2) is 7.48. The molecule has 0 aliphatic heterocycles. The molecule has 1 unspecified atom stereocenters. The second-order valence-corrected chi connectivity index (χ2v) is 6.32. The molecular weight excluding hydrogens is 276 g/mol. The van der Waals surface area contributed by atoms with Crippen LogP contribution in [0.5, 0.6) is 11.5 Å². The van der Waals surface area contributed by atoms with Gasteiger partial charge in [0.1, 0.15) is 11.5 Å². The summed E-state index contributed by atoms with van der Waals surface area (Å²) in [5.41, 5.74) is 2.88. The Morgan fingerprint density at radius 2 is 2.09 bits per heavy atom. The number of rotatable bonds is 6. The Bertz CT molecular complexity index is 573. The van der Waals surface area contributed by atoms with Crippen molar-refractivity contribution in [1.82, 2.24) is 0 Å². The quantitative estimate of drug-likeness (QED) is 0.448. The summed E-state index contributed by atoms with van der Waals surface area (Å²) < 4.78 is 0. The van der Waals surface area contributed by atoms with Crippen LogP contribution >= 0.6 is 0 Å². The number of aldehydes is 1. The van der Waals surface area contributed by atoms with E-state index in [1.807, 2.05) is 0 Å². The number of unbranched alkanes of at least 4 members (excludes halogenated alkanes) is 2. The predicted octanol–water partition coefficient (Wildman–Crippen LogP) is 4.86. The third kappa shape index (κ3) is 3.52. The minimum absolute atomic E-state index is 0.00265. The summed E-state index contributed by atoms with van der Waals surface area (Å²) >= 11 is 0. The van der Waals surface area contributed by atoms with Crippen molar-refractivity contribution in [3.63, 3.8) is 0 Å². The maximum atomic E-state index is 11.4. The van der Waals surface area contributed by atoms with Crippen molar-refractivity contribution >= 4 is 6.29 Å². The highest BCUT2D eigenvalue weighted by Crippen LogP contribution is 2.43. The molecule has 0 saturated carbocycles. The van der Waals surface area contributed by atoms with Crippen molar-refractivity contribution in [1.29, 1.82) is 0 Å². The summed E-state index contributed by atoms with van der Waals surface area (Å²) in [6.45, 7) is 4.19.